The summed E-state index contributed by atoms with van der Waals surface area (Å²) in [4.78, 5) is 12.9. The van der Waals surface area contributed by atoms with Crippen LogP contribution in [-0.2, 0) is 0 Å². The van der Waals surface area contributed by atoms with Gasteiger partial charge in [-0.2, -0.15) is 0 Å². The van der Waals surface area contributed by atoms with Crippen molar-refractivity contribution in [2.24, 2.45) is 0 Å². The van der Waals surface area contributed by atoms with Gasteiger partial charge in [-0.25, -0.2) is 9.97 Å². The van der Waals surface area contributed by atoms with Crippen molar-refractivity contribution in [2.75, 3.05) is 36.4 Å². The van der Waals surface area contributed by atoms with Gasteiger partial charge in [-0.3, -0.25) is 0 Å². The Morgan fingerprint density at radius 1 is 1.12 bits per heavy atom. The summed E-state index contributed by atoms with van der Waals surface area (Å²) >= 11 is 11.9. The highest BCUT2D eigenvalue weighted by atomic mass is 35.5. The molecule has 0 atom stereocenters. The third-order valence-corrected chi connectivity index (χ3v) is 4.72. The second kappa shape index (κ2) is 7.32. The molecule has 0 spiro atoms. The molecule has 1 aromatic heterocycles. The van der Waals surface area contributed by atoms with Gasteiger partial charge in [0.2, 0.25) is 5.95 Å². The number of aromatic nitrogens is 2. The summed E-state index contributed by atoms with van der Waals surface area (Å²) in [5, 5.41) is 4.71. The van der Waals surface area contributed by atoms with Gasteiger partial charge in [0.25, 0.3) is 0 Å². The lowest BCUT2D eigenvalue weighted by Gasteiger charge is -2.36. The Bertz CT molecular complexity index is 706. The Labute approximate surface area is 152 Å². The zero-order chi connectivity index (χ0) is 17.1. The molecule has 1 aromatic carbocycles. The molecule has 1 aliphatic rings. The molecule has 24 heavy (non-hydrogen) atoms. The Balaban J connectivity index is 1.62. The molecule has 1 aliphatic heterocycles. The van der Waals surface area contributed by atoms with Crippen LogP contribution < -0.4 is 10.2 Å². The van der Waals surface area contributed by atoms with Crippen molar-refractivity contribution in [3.63, 3.8) is 0 Å². The van der Waals surface area contributed by atoms with Crippen molar-refractivity contribution in [3.8, 4) is 0 Å². The molecule has 0 unspecified atom stereocenters. The van der Waals surface area contributed by atoms with Crippen molar-refractivity contribution >= 4 is 40.6 Å². The van der Waals surface area contributed by atoms with Gasteiger partial charge in [-0.05, 0) is 49.3 Å². The van der Waals surface area contributed by atoms with Crippen LogP contribution in [0.1, 0.15) is 11.1 Å². The average Bonchev–Trinajstić information content (AvgIpc) is 2.59. The van der Waals surface area contributed by atoms with Crippen LogP contribution in [0.5, 0.6) is 0 Å². The number of rotatable bonds is 2. The first-order chi connectivity index (χ1) is 11.5. The molecule has 1 N–H and O–H groups in total. The van der Waals surface area contributed by atoms with E-state index in [4.69, 9.17) is 23.8 Å². The Morgan fingerprint density at radius 3 is 2.42 bits per heavy atom. The number of nitrogens with zero attached hydrogens (tertiary/aromatic N) is 4. The molecule has 126 valence electrons. The van der Waals surface area contributed by atoms with E-state index in [0.29, 0.717) is 10.1 Å². The van der Waals surface area contributed by atoms with Gasteiger partial charge in [0.1, 0.15) is 0 Å². The van der Waals surface area contributed by atoms with E-state index in [2.05, 4.69) is 31.2 Å². The highest BCUT2D eigenvalue weighted by molar-refractivity contribution is 7.80. The first-order valence-electron chi connectivity index (χ1n) is 7.89. The molecule has 0 amide bonds. The second-order valence-corrected chi connectivity index (χ2v) is 6.69. The lowest BCUT2D eigenvalue weighted by molar-refractivity contribution is 0.388. The zero-order valence-electron chi connectivity index (χ0n) is 13.8. The molecular weight excluding hydrogens is 342 g/mol. The summed E-state index contributed by atoms with van der Waals surface area (Å²) < 4.78 is 0. The van der Waals surface area contributed by atoms with E-state index in [0.717, 1.165) is 48.9 Å². The van der Waals surface area contributed by atoms with Crippen molar-refractivity contribution < 1.29 is 0 Å². The van der Waals surface area contributed by atoms with Gasteiger partial charge < -0.3 is 15.1 Å². The van der Waals surface area contributed by atoms with Crippen LogP contribution in [-0.4, -0.2) is 46.2 Å². The Morgan fingerprint density at radius 2 is 1.79 bits per heavy atom. The first-order valence-corrected chi connectivity index (χ1v) is 8.68. The summed E-state index contributed by atoms with van der Waals surface area (Å²) in [6, 6.07) is 5.87. The van der Waals surface area contributed by atoms with Crippen molar-refractivity contribution in [2.45, 2.75) is 13.8 Å². The average molecular weight is 362 g/mol. The van der Waals surface area contributed by atoms with Crippen LogP contribution in [0.3, 0.4) is 0 Å². The number of thiocarbonyl (C=S) groups is 1. The van der Waals surface area contributed by atoms with Gasteiger partial charge in [0.05, 0.1) is 10.7 Å². The number of anilines is 2. The molecule has 5 nitrogen and oxygen atoms in total. The van der Waals surface area contributed by atoms with Crippen LogP contribution in [0.15, 0.2) is 30.6 Å². The monoisotopic (exact) mass is 361 g/mol. The number of hydrogen-bond donors (Lipinski definition) is 1. The predicted molar refractivity (Wildman–Crippen MR) is 103 cm³/mol. The highest BCUT2D eigenvalue weighted by Gasteiger charge is 2.21. The summed E-state index contributed by atoms with van der Waals surface area (Å²) in [7, 11) is 0. The number of halogens is 1. The summed E-state index contributed by atoms with van der Waals surface area (Å²) in [5.74, 6) is 0.772. The van der Waals surface area contributed by atoms with E-state index >= 15 is 0 Å². The van der Waals surface area contributed by atoms with E-state index in [1.165, 1.54) is 0 Å². The fourth-order valence-corrected chi connectivity index (χ4v) is 3.48. The van der Waals surface area contributed by atoms with Gasteiger partial charge in [-0.15, -0.1) is 0 Å². The van der Waals surface area contributed by atoms with Crippen molar-refractivity contribution in [3.05, 3.63) is 46.7 Å². The minimum atomic E-state index is 0.700. The molecule has 2 aromatic rings. The lowest BCUT2D eigenvalue weighted by Crippen LogP contribution is -2.50. The normalized spacial score (nSPS) is 14.6. The minimum Gasteiger partial charge on any atom is -0.345 e. The molecule has 1 saturated heterocycles. The van der Waals surface area contributed by atoms with Crippen molar-refractivity contribution in [1.82, 2.24) is 14.9 Å². The van der Waals surface area contributed by atoms with Gasteiger partial charge >= 0.3 is 0 Å². The molecule has 1 fully saturated rings. The van der Waals surface area contributed by atoms with E-state index in [1.807, 2.05) is 26.0 Å². The van der Waals surface area contributed by atoms with Crippen LogP contribution in [0, 0.1) is 13.8 Å². The fourth-order valence-electron chi connectivity index (χ4n) is 2.82. The SMILES string of the molecule is Cc1cc(C)c(NC(=S)N2CCN(c3ncccn3)CC2)c(Cl)c1. The quantitative estimate of drug-likeness (QED) is 0.828. The lowest BCUT2D eigenvalue weighted by atomic mass is 10.1. The van der Waals surface area contributed by atoms with Crippen LogP contribution >= 0.6 is 23.8 Å². The summed E-state index contributed by atoms with van der Waals surface area (Å²) in [6.07, 6.45) is 3.53. The highest BCUT2D eigenvalue weighted by Crippen LogP contribution is 2.27. The van der Waals surface area contributed by atoms with Crippen LogP contribution in [0.2, 0.25) is 5.02 Å². The molecule has 0 aliphatic carbocycles. The van der Waals surface area contributed by atoms with Crippen molar-refractivity contribution in [1.29, 1.82) is 0 Å². The molecular formula is C17H20ClN5S. The van der Waals surface area contributed by atoms with E-state index in [-0.39, 0.29) is 0 Å². The largest absolute Gasteiger partial charge is 0.345 e. The molecule has 0 radical (unpaired) electrons. The number of piperazine rings is 1. The Hall–Kier alpha value is -1.92. The molecule has 0 saturated carbocycles. The maximum atomic E-state index is 6.36. The van der Waals surface area contributed by atoms with Gasteiger partial charge in [0, 0.05) is 38.6 Å². The van der Waals surface area contributed by atoms with E-state index < -0.39 is 0 Å². The number of hydrogen-bond acceptors (Lipinski definition) is 4. The fraction of sp³-hybridized carbons (Fsp3) is 0.353. The number of nitrogens with one attached hydrogen (secondary N) is 1. The zero-order valence-corrected chi connectivity index (χ0v) is 15.4. The molecule has 2 heterocycles. The second-order valence-electron chi connectivity index (χ2n) is 5.89. The summed E-state index contributed by atoms with van der Waals surface area (Å²) in [5.41, 5.74) is 3.13. The third kappa shape index (κ3) is 3.76. The molecule has 7 heteroatoms. The topological polar surface area (TPSA) is 44.3 Å². The van der Waals surface area contributed by atoms with E-state index in [9.17, 15) is 0 Å². The van der Waals surface area contributed by atoms with Gasteiger partial charge in [0.15, 0.2) is 5.11 Å². The smallest absolute Gasteiger partial charge is 0.225 e. The predicted octanol–water partition coefficient (Wildman–Crippen LogP) is 3.27. The maximum absolute atomic E-state index is 6.36. The Kier molecular flexibility index (Phi) is 5.16. The molecule has 0 bridgehead atoms. The standard InChI is InChI=1S/C17H20ClN5S/c1-12-10-13(2)15(14(18)11-12)21-17(24)23-8-6-22(7-9-23)16-19-4-3-5-20-16/h3-5,10-11H,6-9H2,1-2H3,(H,21,24). The van der Waals surface area contributed by atoms with Gasteiger partial charge in [-0.1, -0.05) is 17.7 Å². The maximum Gasteiger partial charge on any atom is 0.225 e. The van der Waals surface area contributed by atoms with Crippen LogP contribution in [0.25, 0.3) is 0 Å². The third-order valence-electron chi connectivity index (χ3n) is 4.07. The molecule has 3 rings (SSSR count). The minimum absolute atomic E-state index is 0.700. The number of aryl methyl sites for hydroxylation is 2. The number of benzene rings is 1. The van der Waals surface area contributed by atoms with Crippen LogP contribution in [0.4, 0.5) is 11.6 Å². The van der Waals surface area contributed by atoms with E-state index in [1.54, 1.807) is 12.4 Å². The summed E-state index contributed by atoms with van der Waals surface area (Å²) in [6.45, 7) is 7.40. The first kappa shape index (κ1) is 16.9.